The van der Waals surface area contributed by atoms with Crippen LogP contribution in [0.5, 0.6) is 0 Å². The van der Waals surface area contributed by atoms with Crippen molar-refractivity contribution in [3.63, 3.8) is 0 Å². The molecule has 0 rings (SSSR count). The van der Waals surface area contributed by atoms with Crippen molar-refractivity contribution in [1.29, 1.82) is 0 Å². The minimum atomic E-state index is -1.06. The summed E-state index contributed by atoms with van der Waals surface area (Å²) in [5.41, 5.74) is 0. The number of aliphatic carboxylic acids is 1. The number of amides is 1. The molecule has 1 atom stereocenters. The summed E-state index contributed by atoms with van der Waals surface area (Å²) >= 11 is 3.73. The number of hydrogen-bond donors (Lipinski definition) is 3. The molecule has 0 aromatic heterocycles. The van der Waals surface area contributed by atoms with Crippen LogP contribution >= 0.6 is 12.6 Å². The standard InChI is InChI=1S/C5H9NO3S.Ca.2H/c1-3(7)6-4(2-10)5(8)9;;;/h4,10H,2H2,1H3,(H,6,7)(H,8,9);;;/t4-;;;/m0.../s1. The van der Waals surface area contributed by atoms with Crippen molar-refractivity contribution in [2.45, 2.75) is 13.0 Å². The van der Waals surface area contributed by atoms with Crippen molar-refractivity contribution in [3.05, 3.63) is 0 Å². The molecule has 0 aliphatic carbocycles. The minimum absolute atomic E-state index is 0. The van der Waals surface area contributed by atoms with Crippen molar-refractivity contribution in [3.8, 4) is 0 Å². The number of carboxylic acids is 1. The van der Waals surface area contributed by atoms with E-state index in [9.17, 15) is 9.59 Å². The Labute approximate surface area is 100 Å². The Bertz CT molecular complexity index is 153. The number of hydrogen-bond acceptors (Lipinski definition) is 3. The normalized spacial score (nSPS) is 11.1. The summed E-state index contributed by atoms with van der Waals surface area (Å²) in [6.45, 7) is 1.26. The van der Waals surface area contributed by atoms with Crippen LogP contribution < -0.4 is 5.32 Å². The van der Waals surface area contributed by atoms with Gasteiger partial charge in [-0.2, -0.15) is 12.6 Å². The predicted molar refractivity (Wildman–Crippen MR) is 47.6 cm³/mol. The Balaban J connectivity index is 0. The van der Waals surface area contributed by atoms with Gasteiger partial charge in [-0.1, -0.05) is 0 Å². The zero-order valence-corrected chi connectivity index (χ0v) is 6.39. The van der Waals surface area contributed by atoms with Gasteiger partial charge in [-0.25, -0.2) is 4.79 Å². The number of carbonyl (C=O) groups is 2. The molecular weight excluding hydrogens is 194 g/mol. The van der Waals surface area contributed by atoms with Crippen molar-refractivity contribution in [2.75, 3.05) is 5.75 Å². The average Bonchev–Trinajstić information content (AvgIpc) is 1.81. The van der Waals surface area contributed by atoms with Gasteiger partial charge in [0.05, 0.1) is 0 Å². The first-order chi connectivity index (χ1) is 4.57. The molecule has 0 aliphatic heterocycles. The fraction of sp³-hybridized carbons (Fsp3) is 0.600. The molecule has 6 heteroatoms. The molecule has 0 unspecified atom stereocenters. The van der Waals surface area contributed by atoms with E-state index in [0.29, 0.717) is 0 Å². The van der Waals surface area contributed by atoms with Crippen LogP contribution in [-0.4, -0.2) is 66.5 Å². The number of thiol groups is 1. The van der Waals surface area contributed by atoms with Crippen molar-refractivity contribution >= 4 is 62.2 Å². The topological polar surface area (TPSA) is 66.4 Å². The molecule has 0 radical (unpaired) electrons. The maximum absolute atomic E-state index is 10.3. The summed E-state index contributed by atoms with van der Waals surface area (Å²) in [5.74, 6) is -1.32. The first-order valence-electron chi connectivity index (χ1n) is 2.68. The van der Waals surface area contributed by atoms with Crippen LogP contribution in [0, 0.1) is 0 Å². The third-order valence-corrected chi connectivity index (χ3v) is 1.22. The molecule has 0 aliphatic rings. The van der Waals surface area contributed by atoms with E-state index in [1.165, 1.54) is 6.92 Å². The van der Waals surface area contributed by atoms with Gasteiger partial charge >= 0.3 is 43.7 Å². The second-order valence-electron chi connectivity index (χ2n) is 1.77. The Morgan fingerprint density at radius 3 is 2.18 bits per heavy atom. The van der Waals surface area contributed by atoms with Crippen LogP contribution in [-0.2, 0) is 9.59 Å². The molecule has 0 spiro atoms. The number of carbonyl (C=O) groups excluding carboxylic acids is 1. The first kappa shape index (κ1) is 14.1. The monoisotopic (exact) mass is 205 g/mol. The number of carboxylic acid groups (broad SMARTS) is 1. The van der Waals surface area contributed by atoms with Crippen LogP contribution in [0.4, 0.5) is 0 Å². The number of nitrogens with one attached hydrogen (secondary N) is 1. The van der Waals surface area contributed by atoms with Crippen LogP contribution in [0.25, 0.3) is 0 Å². The van der Waals surface area contributed by atoms with Gasteiger partial charge in [-0.05, 0) is 0 Å². The van der Waals surface area contributed by atoms with Crippen LogP contribution in [0.1, 0.15) is 6.92 Å². The van der Waals surface area contributed by atoms with E-state index < -0.39 is 12.0 Å². The molecule has 0 aromatic rings. The predicted octanol–water partition coefficient (Wildman–Crippen LogP) is -1.41. The molecule has 2 N–H and O–H groups in total. The van der Waals surface area contributed by atoms with Gasteiger partial charge < -0.3 is 10.4 Å². The quantitative estimate of drug-likeness (QED) is 0.392. The first-order valence-corrected chi connectivity index (χ1v) is 3.32. The summed E-state index contributed by atoms with van der Waals surface area (Å²) in [4.78, 5) is 20.5. The van der Waals surface area contributed by atoms with Gasteiger partial charge in [-0.15, -0.1) is 0 Å². The summed E-state index contributed by atoms with van der Waals surface area (Å²) in [5, 5.41) is 10.6. The van der Waals surface area contributed by atoms with Crippen LogP contribution in [0.2, 0.25) is 0 Å². The molecule has 0 heterocycles. The summed E-state index contributed by atoms with van der Waals surface area (Å²) in [7, 11) is 0. The molecule has 62 valence electrons. The molecule has 4 nitrogen and oxygen atoms in total. The second-order valence-corrected chi connectivity index (χ2v) is 2.14. The average molecular weight is 205 g/mol. The molecule has 0 aromatic carbocycles. The van der Waals surface area contributed by atoms with Gasteiger partial charge in [0, 0.05) is 12.7 Å². The van der Waals surface area contributed by atoms with Gasteiger partial charge in [0.25, 0.3) is 0 Å². The van der Waals surface area contributed by atoms with Gasteiger partial charge in [-0.3, -0.25) is 4.79 Å². The number of rotatable bonds is 3. The molecule has 0 bridgehead atoms. The van der Waals surface area contributed by atoms with Gasteiger partial charge in [0.1, 0.15) is 6.04 Å². The molecule has 0 saturated heterocycles. The SMILES string of the molecule is CC(=O)N[C@@H](CS)C(=O)O.[CaH2]. The van der Waals surface area contributed by atoms with Crippen molar-refractivity contribution in [2.24, 2.45) is 0 Å². The Hall–Kier alpha value is 0.550. The third kappa shape index (κ3) is 6.93. The zero-order valence-electron chi connectivity index (χ0n) is 5.50. The van der Waals surface area contributed by atoms with E-state index in [4.69, 9.17) is 5.11 Å². The second kappa shape index (κ2) is 7.21. The van der Waals surface area contributed by atoms with Crippen molar-refractivity contribution < 1.29 is 14.7 Å². The fourth-order valence-electron chi connectivity index (χ4n) is 0.431. The molecular formula is C5H11CaNO3S. The summed E-state index contributed by atoms with van der Waals surface area (Å²) in [6, 6.07) is -0.874. The van der Waals surface area contributed by atoms with Gasteiger partial charge in [0.15, 0.2) is 0 Å². The Kier molecular flexibility index (Phi) is 9.24. The molecule has 11 heavy (non-hydrogen) atoms. The zero-order chi connectivity index (χ0) is 8.15. The Morgan fingerprint density at radius 2 is 2.09 bits per heavy atom. The van der Waals surface area contributed by atoms with E-state index in [0.717, 1.165) is 0 Å². The maximum atomic E-state index is 10.3. The van der Waals surface area contributed by atoms with Crippen LogP contribution in [0.3, 0.4) is 0 Å². The molecule has 0 fully saturated rings. The summed E-state index contributed by atoms with van der Waals surface area (Å²) in [6.07, 6.45) is 0. The fourth-order valence-corrected chi connectivity index (χ4v) is 0.678. The van der Waals surface area contributed by atoms with Crippen molar-refractivity contribution in [1.82, 2.24) is 5.32 Å². The van der Waals surface area contributed by atoms with E-state index >= 15 is 0 Å². The molecule has 1 amide bonds. The van der Waals surface area contributed by atoms with Crippen LogP contribution in [0.15, 0.2) is 0 Å². The van der Waals surface area contributed by atoms with E-state index in [1.807, 2.05) is 0 Å². The van der Waals surface area contributed by atoms with E-state index in [2.05, 4.69) is 17.9 Å². The Morgan fingerprint density at radius 1 is 1.64 bits per heavy atom. The third-order valence-electron chi connectivity index (χ3n) is 0.858. The summed E-state index contributed by atoms with van der Waals surface area (Å²) < 4.78 is 0. The van der Waals surface area contributed by atoms with E-state index in [1.54, 1.807) is 0 Å². The van der Waals surface area contributed by atoms with E-state index in [-0.39, 0.29) is 49.4 Å². The van der Waals surface area contributed by atoms with Gasteiger partial charge in [0.2, 0.25) is 5.91 Å². The molecule has 0 saturated carbocycles.